The molecule has 0 saturated carbocycles. The molecule has 4 heteroatoms. The molecule has 1 amide bonds. The Balaban J connectivity index is 1.51. The molecule has 0 bridgehead atoms. The number of carbonyl (C=O) groups excluding carboxylic acids is 1. The summed E-state index contributed by atoms with van der Waals surface area (Å²) >= 11 is 0. The van der Waals surface area contributed by atoms with E-state index in [0.717, 1.165) is 28.3 Å². The minimum absolute atomic E-state index is 0.0890. The third kappa shape index (κ3) is 5.61. The van der Waals surface area contributed by atoms with E-state index < -0.39 is 0 Å². The Hall–Kier alpha value is -3.27. The van der Waals surface area contributed by atoms with Gasteiger partial charge in [0.25, 0.3) is 0 Å². The predicted molar refractivity (Wildman–Crippen MR) is 110 cm³/mol. The molecule has 0 unspecified atom stereocenters. The quantitative estimate of drug-likeness (QED) is 0.628. The van der Waals surface area contributed by atoms with Gasteiger partial charge < -0.3 is 15.4 Å². The van der Waals surface area contributed by atoms with E-state index in [9.17, 15) is 4.79 Å². The second kappa shape index (κ2) is 8.90. The van der Waals surface area contributed by atoms with Gasteiger partial charge in [0.1, 0.15) is 12.4 Å². The number of anilines is 2. The van der Waals surface area contributed by atoms with Gasteiger partial charge in [-0.05, 0) is 54.8 Å². The van der Waals surface area contributed by atoms with Gasteiger partial charge in [0.05, 0.1) is 6.54 Å². The van der Waals surface area contributed by atoms with Gasteiger partial charge in [-0.25, -0.2) is 0 Å². The second-order valence-corrected chi connectivity index (χ2v) is 6.50. The lowest BCUT2D eigenvalue weighted by Gasteiger charge is -2.11. The van der Waals surface area contributed by atoms with Crippen LogP contribution in [0.15, 0.2) is 72.8 Å². The number of ether oxygens (including phenoxy) is 1. The lowest BCUT2D eigenvalue weighted by molar-refractivity contribution is -0.114. The van der Waals surface area contributed by atoms with Crippen molar-refractivity contribution in [1.29, 1.82) is 0 Å². The van der Waals surface area contributed by atoms with Crippen LogP contribution >= 0.6 is 0 Å². The van der Waals surface area contributed by atoms with Crippen LogP contribution in [0.3, 0.4) is 0 Å². The fourth-order valence-electron chi connectivity index (χ4n) is 2.64. The summed E-state index contributed by atoms with van der Waals surface area (Å²) in [4.78, 5) is 12.2. The van der Waals surface area contributed by atoms with E-state index in [1.807, 2.05) is 79.7 Å². The maximum Gasteiger partial charge on any atom is 0.243 e. The third-order valence-corrected chi connectivity index (χ3v) is 4.33. The van der Waals surface area contributed by atoms with Crippen molar-refractivity contribution in [1.82, 2.24) is 0 Å². The van der Waals surface area contributed by atoms with Gasteiger partial charge in [0.15, 0.2) is 0 Å². The monoisotopic (exact) mass is 360 g/mol. The number of aryl methyl sites for hydroxylation is 2. The number of nitrogens with one attached hydrogen (secondary N) is 2. The molecule has 138 valence electrons. The minimum Gasteiger partial charge on any atom is -0.489 e. The van der Waals surface area contributed by atoms with E-state index in [1.54, 1.807) is 0 Å². The van der Waals surface area contributed by atoms with Crippen LogP contribution in [0.25, 0.3) is 0 Å². The molecule has 0 saturated heterocycles. The second-order valence-electron chi connectivity index (χ2n) is 6.50. The Kier molecular flexibility index (Phi) is 6.10. The Morgan fingerprint density at radius 1 is 0.852 bits per heavy atom. The van der Waals surface area contributed by atoms with Crippen molar-refractivity contribution >= 4 is 17.3 Å². The summed E-state index contributed by atoms with van der Waals surface area (Å²) in [6.07, 6.45) is 0. The maximum absolute atomic E-state index is 12.2. The van der Waals surface area contributed by atoms with Crippen LogP contribution in [0, 0.1) is 13.8 Å². The van der Waals surface area contributed by atoms with E-state index in [4.69, 9.17) is 4.74 Å². The van der Waals surface area contributed by atoms with Crippen molar-refractivity contribution in [3.05, 3.63) is 89.5 Å². The van der Waals surface area contributed by atoms with Crippen molar-refractivity contribution in [2.75, 3.05) is 17.2 Å². The van der Waals surface area contributed by atoms with E-state index in [1.165, 1.54) is 5.56 Å². The Bertz CT molecular complexity index is 907. The maximum atomic E-state index is 12.2. The van der Waals surface area contributed by atoms with Crippen molar-refractivity contribution in [2.24, 2.45) is 0 Å². The molecule has 0 atom stereocenters. The van der Waals surface area contributed by atoms with Crippen LogP contribution in [-0.4, -0.2) is 12.5 Å². The fourth-order valence-corrected chi connectivity index (χ4v) is 2.64. The molecule has 0 heterocycles. The highest BCUT2D eigenvalue weighted by Crippen LogP contribution is 2.19. The van der Waals surface area contributed by atoms with Gasteiger partial charge in [-0.3, -0.25) is 4.79 Å². The van der Waals surface area contributed by atoms with Crippen LogP contribution in [0.2, 0.25) is 0 Å². The first-order chi connectivity index (χ1) is 13.1. The molecule has 3 rings (SSSR count). The van der Waals surface area contributed by atoms with Crippen molar-refractivity contribution in [3.63, 3.8) is 0 Å². The Morgan fingerprint density at radius 3 is 2.44 bits per heavy atom. The standard InChI is InChI=1S/C23H24N2O2/c1-17-11-12-21(13-18(17)2)25-23(26)15-24-20-9-6-10-22(14-20)27-16-19-7-4-3-5-8-19/h3-14,24H,15-16H2,1-2H3,(H,25,26). The van der Waals surface area contributed by atoms with E-state index >= 15 is 0 Å². The first-order valence-corrected chi connectivity index (χ1v) is 8.98. The van der Waals surface area contributed by atoms with E-state index in [2.05, 4.69) is 17.6 Å². The topological polar surface area (TPSA) is 50.4 Å². The number of amides is 1. The van der Waals surface area contributed by atoms with Gasteiger partial charge in [-0.1, -0.05) is 42.5 Å². The van der Waals surface area contributed by atoms with Gasteiger partial charge in [-0.2, -0.15) is 0 Å². The summed E-state index contributed by atoms with van der Waals surface area (Å²) in [7, 11) is 0. The van der Waals surface area contributed by atoms with E-state index in [-0.39, 0.29) is 12.5 Å². The lowest BCUT2D eigenvalue weighted by Crippen LogP contribution is -2.21. The number of rotatable bonds is 7. The number of hydrogen-bond acceptors (Lipinski definition) is 3. The molecule has 0 aliphatic carbocycles. The molecule has 3 aromatic carbocycles. The molecule has 0 aliphatic heterocycles. The lowest BCUT2D eigenvalue weighted by atomic mass is 10.1. The molecule has 0 spiro atoms. The molecule has 4 nitrogen and oxygen atoms in total. The zero-order valence-corrected chi connectivity index (χ0v) is 15.7. The molecule has 0 fully saturated rings. The molecular weight excluding hydrogens is 336 g/mol. The van der Waals surface area contributed by atoms with Crippen molar-refractivity contribution < 1.29 is 9.53 Å². The zero-order chi connectivity index (χ0) is 19.1. The van der Waals surface area contributed by atoms with E-state index in [0.29, 0.717) is 6.61 Å². The summed E-state index contributed by atoms with van der Waals surface area (Å²) < 4.78 is 5.82. The highest BCUT2D eigenvalue weighted by molar-refractivity contribution is 5.93. The molecule has 0 aliphatic rings. The number of hydrogen-bond donors (Lipinski definition) is 2. The molecule has 27 heavy (non-hydrogen) atoms. The van der Waals surface area contributed by atoms with Gasteiger partial charge in [0, 0.05) is 17.4 Å². The summed E-state index contributed by atoms with van der Waals surface area (Å²) in [6, 6.07) is 23.5. The van der Waals surface area contributed by atoms with Crippen molar-refractivity contribution in [3.8, 4) is 5.75 Å². The number of carbonyl (C=O) groups is 1. The fraction of sp³-hybridized carbons (Fsp3) is 0.174. The Morgan fingerprint density at radius 2 is 1.67 bits per heavy atom. The minimum atomic E-state index is -0.0890. The molecule has 2 N–H and O–H groups in total. The first-order valence-electron chi connectivity index (χ1n) is 8.98. The summed E-state index contributed by atoms with van der Waals surface area (Å²) in [6.45, 7) is 4.78. The largest absolute Gasteiger partial charge is 0.489 e. The summed E-state index contributed by atoms with van der Waals surface area (Å²) in [5.41, 5.74) is 5.13. The first kappa shape index (κ1) is 18.5. The third-order valence-electron chi connectivity index (χ3n) is 4.33. The molecule has 0 aromatic heterocycles. The average Bonchev–Trinajstić information content (AvgIpc) is 2.69. The SMILES string of the molecule is Cc1ccc(NC(=O)CNc2cccc(OCc3ccccc3)c2)cc1C. The van der Waals surface area contributed by atoms with Gasteiger partial charge in [0.2, 0.25) is 5.91 Å². The summed E-state index contributed by atoms with van der Waals surface area (Å²) in [5, 5.41) is 6.05. The van der Waals surface area contributed by atoms with Crippen molar-refractivity contribution in [2.45, 2.75) is 20.5 Å². The Labute approximate surface area is 160 Å². The van der Waals surface area contributed by atoms with Crippen LogP contribution in [0.5, 0.6) is 5.75 Å². The molecular formula is C23H24N2O2. The smallest absolute Gasteiger partial charge is 0.243 e. The van der Waals surface area contributed by atoms with Crippen LogP contribution < -0.4 is 15.4 Å². The van der Waals surface area contributed by atoms with Crippen LogP contribution in [0.1, 0.15) is 16.7 Å². The summed E-state index contributed by atoms with van der Waals surface area (Å²) in [5.74, 6) is 0.673. The molecule has 3 aromatic rings. The average molecular weight is 360 g/mol. The van der Waals surface area contributed by atoms with Gasteiger partial charge in [-0.15, -0.1) is 0 Å². The normalized spacial score (nSPS) is 10.3. The zero-order valence-electron chi connectivity index (χ0n) is 15.7. The van der Waals surface area contributed by atoms with Crippen LogP contribution in [0.4, 0.5) is 11.4 Å². The highest BCUT2D eigenvalue weighted by atomic mass is 16.5. The molecule has 0 radical (unpaired) electrons. The van der Waals surface area contributed by atoms with Crippen LogP contribution in [-0.2, 0) is 11.4 Å². The highest BCUT2D eigenvalue weighted by Gasteiger charge is 2.04. The van der Waals surface area contributed by atoms with Gasteiger partial charge >= 0.3 is 0 Å². The predicted octanol–water partition coefficient (Wildman–Crippen LogP) is 4.93. The number of benzene rings is 3.